The van der Waals surface area contributed by atoms with E-state index in [1.165, 1.54) is 7.11 Å². The van der Waals surface area contributed by atoms with Crippen LogP contribution in [-0.4, -0.2) is 32.6 Å². The Morgan fingerprint density at radius 3 is 2.27 bits per heavy atom. The van der Waals surface area contributed by atoms with Crippen LogP contribution in [0.3, 0.4) is 0 Å². The third kappa shape index (κ3) is 8.15. The molecule has 4 heteroatoms. The normalized spacial score (nSPS) is 11.2. The molecule has 0 saturated heterocycles. The van der Waals surface area contributed by atoms with Gasteiger partial charge in [-0.15, -0.1) is 0 Å². The van der Waals surface area contributed by atoms with Gasteiger partial charge in [0.25, 0.3) is 0 Å². The molecule has 0 unspecified atom stereocenters. The number of hydrogen-bond acceptors (Lipinski definition) is 4. The Balaban J connectivity index is 3.72. The van der Waals surface area contributed by atoms with E-state index in [4.69, 9.17) is 9.47 Å². The molecule has 0 heterocycles. The molecule has 0 fully saturated rings. The van der Waals surface area contributed by atoms with E-state index in [1.807, 2.05) is 19.9 Å². The molecule has 0 aromatic rings. The summed E-state index contributed by atoms with van der Waals surface area (Å²) in [6, 6.07) is 0. The minimum absolute atomic E-state index is 0.214. The summed E-state index contributed by atoms with van der Waals surface area (Å²) in [4.78, 5) is 10.8. The smallest absolute Gasteiger partial charge is 0.309 e. The van der Waals surface area contributed by atoms with E-state index in [0.717, 1.165) is 0 Å². The molecule has 0 aliphatic heterocycles. The van der Waals surface area contributed by atoms with Crippen molar-refractivity contribution in [3.63, 3.8) is 0 Å². The monoisotopic (exact) mass is 216 g/mol. The van der Waals surface area contributed by atoms with Crippen LogP contribution in [0.4, 0.5) is 0 Å². The molecular weight excluding hydrogens is 196 g/mol. The summed E-state index contributed by atoms with van der Waals surface area (Å²) < 4.78 is 15.2. The second kappa shape index (κ2) is 9.68. The first-order chi connectivity index (χ1) is 7.24. The predicted molar refractivity (Wildman–Crippen MR) is 57.4 cm³/mol. The molecule has 0 spiro atoms. The van der Waals surface area contributed by atoms with Crippen molar-refractivity contribution in [3.05, 3.63) is 12.2 Å². The number of carbonyl (C=O) groups is 1. The average molecular weight is 216 g/mol. The van der Waals surface area contributed by atoms with Crippen LogP contribution in [0.15, 0.2) is 12.2 Å². The number of ether oxygens (including phenoxy) is 3. The zero-order chi connectivity index (χ0) is 11.5. The summed E-state index contributed by atoms with van der Waals surface area (Å²) in [6.07, 6.45) is 4.36. The molecule has 4 nitrogen and oxygen atoms in total. The zero-order valence-corrected chi connectivity index (χ0v) is 9.69. The van der Waals surface area contributed by atoms with Gasteiger partial charge >= 0.3 is 5.97 Å². The van der Waals surface area contributed by atoms with Crippen LogP contribution >= 0.6 is 0 Å². The van der Waals surface area contributed by atoms with E-state index in [2.05, 4.69) is 4.74 Å². The summed E-state index contributed by atoms with van der Waals surface area (Å²) in [5, 5.41) is 0. The van der Waals surface area contributed by atoms with E-state index in [0.29, 0.717) is 26.1 Å². The highest BCUT2D eigenvalue weighted by Gasteiger charge is 2.04. The van der Waals surface area contributed by atoms with E-state index in [9.17, 15) is 4.79 Å². The van der Waals surface area contributed by atoms with Crippen molar-refractivity contribution in [2.45, 2.75) is 33.0 Å². The first kappa shape index (κ1) is 14.1. The molecule has 88 valence electrons. The van der Waals surface area contributed by atoms with E-state index < -0.39 is 0 Å². The van der Waals surface area contributed by atoms with Crippen LogP contribution in [0, 0.1) is 0 Å². The lowest BCUT2D eigenvalue weighted by molar-refractivity contribution is -0.139. The summed E-state index contributed by atoms with van der Waals surface area (Å²) in [6.45, 7) is 5.08. The van der Waals surface area contributed by atoms with Crippen molar-refractivity contribution in [1.29, 1.82) is 0 Å². The van der Waals surface area contributed by atoms with Crippen molar-refractivity contribution in [2.24, 2.45) is 0 Å². The van der Waals surface area contributed by atoms with Gasteiger partial charge in [-0.25, -0.2) is 0 Å². The van der Waals surface area contributed by atoms with Crippen LogP contribution in [0.5, 0.6) is 0 Å². The Morgan fingerprint density at radius 2 is 1.80 bits per heavy atom. The van der Waals surface area contributed by atoms with Crippen LogP contribution in [0.2, 0.25) is 0 Å². The SMILES string of the molecule is CCOC(C/C=C\CC(=O)OC)OCC. The Labute approximate surface area is 91.2 Å². The first-order valence-electron chi connectivity index (χ1n) is 5.19. The van der Waals surface area contributed by atoms with Crippen LogP contribution < -0.4 is 0 Å². The molecule has 0 bridgehead atoms. The highest BCUT2D eigenvalue weighted by atomic mass is 16.7. The highest BCUT2D eigenvalue weighted by Crippen LogP contribution is 2.02. The van der Waals surface area contributed by atoms with E-state index in [-0.39, 0.29) is 12.3 Å². The minimum Gasteiger partial charge on any atom is -0.469 e. The standard InChI is InChI=1S/C11H20O4/c1-4-14-11(15-5-2)9-7-6-8-10(12)13-3/h6-7,11H,4-5,8-9H2,1-3H3/b7-6-. The molecule has 0 aromatic carbocycles. The topological polar surface area (TPSA) is 44.8 Å². The van der Waals surface area contributed by atoms with Gasteiger partial charge in [0.1, 0.15) is 0 Å². The lowest BCUT2D eigenvalue weighted by atomic mass is 10.3. The van der Waals surface area contributed by atoms with Gasteiger partial charge in [-0.1, -0.05) is 12.2 Å². The number of hydrogen-bond donors (Lipinski definition) is 0. The van der Waals surface area contributed by atoms with Gasteiger partial charge in [0.05, 0.1) is 13.5 Å². The summed E-state index contributed by atoms with van der Waals surface area (Å²) in [7, 11) is 1.37. The fourth-order valence-corrected chi connectivity index (χ4v) is 1.03. The Kier molecular flexibility index (Phi) is 9.11. The second-order valence-corrected chi connectivity index (χ2v) is 2.83. The van der Waals surface area contributed by atoms with Crippen molar-refractivity contribution in [1.82, 2.24) is 0 Å². The van der Waals surface area contributed by atoms with Gasteiger partial charge in [0, 0.05) is 19.6 Å². The molecule has 0 saturated carbocycles. The van der Waals surface area contributed by atoms with Crippen LogP contribution in [-0.2, 0) is 19.0 Å². The molecule has 0 rings (SSSR count). The third-order valence-corrected chi connectivity index (χ3v) is 1.71. The molecule has 0 aliphatic carbocycles. The van der Waals surface area contributed by atoms with Gasteiger partial charge in [-0.2, -0.15) is 0 Å². The number of rotatable bonds is 8. The van der Waals surface area contributed by atoms with Crippen molar-refractivity contribution < 1.29 is 19.0 Å². The summed E-state index contributed by atoms with van der Waals surface area (Å²) in [5.74, 6) is -0.240. The maximum atomic E-state index is 10.8. The van der Waals surface area contributed by atoms with Crippen LogP contribution in [0.25, 0.3) is 0 Å². The van der Waals surface area contributed by atoms with Crippen molar-refractivity contribution in [2.75, 3.05) is 20.3 Å². The molecule has 0 amide bonds. The van der Waals surface area contributed by atoms with Crippen molar-refractivity contribution >= 4 is 5.97 Å². The van der Waals surface area contributed by atoms with E-state index >= 15 is 0 Å². The zero-order valence-electron chi connectivity index (χ0n) is 9.69. The van der Waals surface area contributed by atoms with Gasteiger partial charge in [-0.3, -0.25) is 4.79 Å². The Morgan fingerprint density at radius 1 is 1.20 bits per heavy atom. The largest absolute Gasteiger partial charge is 0.469 e. The quantitative estimate of drug-likeness (QED) is 0.353. The minimum atomic E-state index is -0.240. The maximum absolute atomic E-state index is 10.8. The fourth-order valence-electron chi connectivity index (χ4n) is 1.03. The van der Waals surface area contributed by atoms with Gasteiger partial charge < -0.3 is 14.2 Å². The average Bonchev–Trinajstić information content (AvgIpc) is 2.24. The second-order valence-electron chi connectivity index (χ2n) is 2.83. The van der Waals surface area contributed by atoms with Gasteiger partial charge in [0.15, 0.2) is 6.29 Å². The molecule has 0 N–H and O–H groups in total. The molecule has 15 heavy (non-hydrogen) atoms. The Bertz CT molecular complexity index is 183. The molecular formula is C11H20O4. The summed E-state index contributed by atoms with van der Waals surface area (Å²) in [5.41, 5.74) is 0. The van der Waals surface area contributed by atoms with Gasteiger partial charge in [-0.05, 0) is 13.8 Å². The van der Waals surface area contributed by atoms with Crippen molar-refractivity contribution in [3.8, 4) is 0 Å². The lowest BCUT2D eigenvalue weighted by Crippen LogP contribution is -2.16. The number of esters is 1. The maximum Gasteiger partial charge on any atom is 0.309 e. The fraction of sp³-hybridized carbons (Fsp3) is 0.727. The van der Waals surface area contributed by atoms with Crippen LogP contribution in [0.1, 0.15) is 26.7 Å². The summed E-state index contributed by atoms with van der Waals surface area (Å²) >= 11 is 0. The van der Waals surface area contributed by atoms with Gasteiger partial charge in [0.2, 0.25) is 0 Å². The lowest BCUT2D eigenvalue weighted by Gasteiger charge is -2.14. The molecule has 0 atom stereocenters. The number of methoxy groups -OCH3 is 1. The number of carbonyl (C=O) groups excluding carboxylic acids is 1. The first-order valence-corrected chi connectivity index (χ1v) is 5.19. The Hall–Kier alpha value is -0.870. The third-order valence-electron chi connectivity index (χ3n) is 1.71. The molecule has 0 aliphatic rings. The predicted octanol–water partition coefficient (Wildman–Crippen LogP) is 1.89. The van der Waals surface area contributed by atoms with E-state index in [1.54, 1.807) is 6.08 Å². The molecule has 0 aromatic heterocycles. The molecule has 0 radical (unpaired) electrons. The highest BCUT2D eigenvalue weighted by molar-refractivity contribution is 5.70.